The van der Waals surface area contributed by atoms with Gasteiger partial charge in [0.05, 0.1) is 5.25 Å². The minimum Gasteiger partial charge on any atom is -0.326 e. The molecular weight excluding hydrogens is 200 g/mol. The summed E-state index contributed by atoms with van der Waals surface area (Å²) in [5.41, 5.74) is 5.86. The van der Waals surface area contributed by atoms with Gasteiger partial charge in [-0.2, -0.15) is 0 Å². The predicted octanol–water partition coefficient (Wildman–Crippen LogP) is 0.584. The van der Waals surface area contributed by atoms with E-state index in [1.807, 2.05) is 0 Å². The average Bonchev–Trinajstić information content (AvgIpc) is 2.08. The molecule has 4 nitrogen and oxygen atoms in total. The van der Waals surface area contributed by atoms with Gasteiger partial charge in [-0.25, -0.2) is 13.1 Å². The minimum atomic E-state index is -3.16. The van der Waals surface area contributed by atoms with Gasteiger partial charge in [-0.1, -0.05) is 12.8 Å². The summed E-state index contributed by atoms with van der Waals surface area (Å²) in [7, 11) is -3.16. The second-order valence-corrected chi connectivity index (χ2v) is 6.53. The van der Waals surface area contributed by atoms with Gasteiger partial charge >= 0.3 is 0 Å². The second-order valence-electron chi connectivity index (χ2n) is 4.27. The Morgan fingerprint density at radius 2 is 1.86 bits per heavy atom. The lowest BCUT2D eigenvalue weighted by atomic mass is 9.92. The first-order chi connectivity index (χ1) is 6.43. The third kappa shape index (κ3) is 2.93. The molecule has 0 saturated heterocycles. The summed E-state index contributed by atoms with van der Waals surface area (Å²) in [5, 5.41) is -0.378. The van der Waals surface area contributed by atoms with Gasteiger partial charge in [0.15, 0.2) is 0 Å². The molecule has 2 atom stereocenters. The smallest absolute Gasteiger partial charge is 0.214 e. The van der Waals surface area contributed by atoms with E-state index in [9.17, 15) is 8.42 Å². The summed E-state index contributed by atoms with van der Waals surface area (Å²) in [6.07, 6.45) is 3.97. The van der Waals surface area contributed by atoms with Crippen LogP contribution in [0.2, 0.25) is 0 Å². The maximum absolute atomic E-state index is 11.6. The average molecular weight is 220 g/mol. The molecule has 2 unspecified atom stereocenters. The van der Waals surface area contributed by atoms with Crippen molar-refractivity contribution in [2.24, 2.45) is 5.73 Å². The van der Waals surface area contributed by atoms with E-state index < -0.39 is 10.0 Å². The molecule has 5 heteroatoms. The third-order valence-electron chi connectivity index (χ3n) is 2.76. The Morgan fingerprint density at radius 3 is 2.36 bits per heavy atom. The lowest BCUT2D eigenvalue weighted by Crippen LogP contribution is -2.50. The highest BCUT2D eigenvalue weighted by Gasteiger charge is 2.27. The van der Waals surface area contributed by atoms with Crippen LogP contribution in [0.15, 0.2) is 0 Å². The molecule has 84 valence electrons. The Bertz CT molecular complexity index is 275. The standard InChI is InChI=1S/C9H20N2O2S/c1-7(2)14(12,13)11-9-6-4-3-5-8(9)10/h7-9,11H,3-6,10H2,1-2H3. The summed E-state index contributed by atoms with van der Waals surface area (Å²) in [5.74, 6) is 0. The first-order valence-corrected chi connectivity index (χ1v) is 6.75. The fraction of sp³-hybridized carbons (Fsp3) is 1.00. The van der Waals surface area contributed by atoms with Crippen molar-refractivity contribution in [1.82, 2.24) is 4.72 Å². The molecule has 1 saturated carbocycles. The van der Waals surface area contributed by atoms with Crippen molar-refractivity contribution >= 4 is 10.0 Å². The van der Waals surface area contributed by atoms with Crippen LogP contribution < -0.4 is 10.5 Å². The maximum atomic E-state index is 11.6. The Morgan fingerprint density at radius 1 is 1.29 bits per heavy atom. The van der Waals surface area contributed by atoms with Gasteiger partial charge in [0, 0.05) is 12.1 Å². The molecule has 0 bridgehead atoms. The zero-order chi connectivity index (χ0) is 10.8. The minimum absolute atomic E-state index is 0.0164. The van der Waals surface area contributed by atoms with Crippen LogP contribution in [0.3, 0.4) is 0 Å². The van der Waals surface area contributed by atoms with Crippen molar-refractivity contribution in [3.63, 3.8) is 0 Å². The van der Waals surface area contributed by atoms with Crippen molar-refractivity contribution in [1.29, 1.82) is 0 Å². The molecule has 1 aliphatic rings. The van der Waals surface area contributed by atoms with Gasteiger partial charge in [-0.05, 0) is 26.7 Å². The number of sulfonamides is 1. The van der Waals surface area contributed by atoms with Crippen LogP contribution >= 0.6 is 0 Å². The summed E-state index contributed by atoms with van der Waals surface area (Å²) in [4.78, 5) is 0. The van der Waals surface area contributed by atoms with Crippen molar-refractivity contribution in [2.45, 2.75) is 56.9 Å². The van der Waals surface area contributed by atoms with E-state index >= 15 is 0 Å². The topological polar surface area (TPSA) is 72.2 Å². The van der Waals surface area contributed by atoms with E-state index in [-0.39, 0.29) is 17.3 Å². The molecule has 0 amide bonds. The van der Waals surface area contributed by atoms with E-state index in [1.54, 1.807) is 13.8 Å². The molecule has 1 aliphatic carbocycles. The number of hydrogen-bond acceptors (Lipinski definition) is 3. The molecule has 0 radical (unpaired) electrons. The largest absolute Gasteiger partial charge is 0.326 e. The molecule has 1 fully saturated rings. The quantitative estimate of drug-likeness (QED) is 0.731. The number of hydrogen-bond donors (Lipinski definition) is 2. The second kappa shape index (κ2) is 4.59. The van der Waals surface area contributed by atoms with Crippen LogP contribution in [-0.4, -0.2) is 25.8 Å². The van der Waals surface area contributed by atoms with E-state index in [1.165, 1.54) is 0 Å². The first-order valence-electron chi connectivity index (χ1n) is 5.20. The molecule has 14 heavy (non-hydrogen) atoms. The lowest BCUT2D eigenvalue weighted by molar-refractivity contribution is 0.360. The Hall–Kier alpha value is -0.130. The van der Waals surface area contributed by atoms with Crippen molar-refractivity contribution < 1.29 is 8.42 Å². The number of nitrogens with one attached hydrogen (secondary N) is 1. The highest BCUT2D eigenvalue weighted by Crippen LogP contribution is 2.18. The molecule has 3 N–H and O–H groups in total. The van der Waals surface area contributed by atoms with Gasteiger partial charge in [0.2, 0.25) is 10.0 Å². The van der Waals surface area contributed by atoms with E-state index in [0.29, 0.717) is 0 Å². The summed E-state index contributed by atoms with van der Waals surface area (Å²) in [6.45, 7) is 3.35. The molecule has 1 rings (SSSR count). The van der Waals surface area contributed by atoms with Gasteiger partial charge in [-0.15, -0.1) is 0 Å². The number of rotatable bonds is 3. The van der Waals surface area contributed by atoms with Crippen LogP contribution in [0.25, 0.3) is 0 Å². The SMILES string of the molecule is CC(C)S(=O)(=O)NC1CCCCC1N. The normalized spacial score (nSPS) is 29.4. The predicted molar refractivity (Wildman–Crippen MR) is 57.4 cm³/mol. The zero-order valence-electron chi connectivity index (χ0n) is 8.86. The molecule has 0 aromatic heterocycles. The zero-order valence-corrected chi connectivity index (χ0v) is 9.68. The molecule has 0 aromatic carbocycles. The molecular formula is C9H20N2O2S. The van der Waals surface area contributed by atoms with Crippen LogP contribution in [-0.2, 0) is 10.0 Å². The van der Waals surface area contributed by atoms with Crippen LogP contribution in [0, 0.1) is 0 Å². The van der Waals surface area contributed by atoms with Gasteiger partial charge in [0.1, 0.15) is 0 Å². The van der Waals surface area contributed by atoms with Crippen LogP contribution in [0.5, 0.6) is 0 Å². The van der Waals surface area contributed by atoms with Crippen LogP contribution in [0.4, 0.5) is 0 Å². The van der Waals surface area contributed by atoms with Crippen molar-refractivity contribution in [3.05, 3.63) is 0 Å². The summed E-state index contributed by atoms with van der Waals surface area (Å²) >= 11 is 0. The highest BCUT2D eigenvalue weighted by molar-refractivity contribution is 7.90. The van der Waals surface area contributed by atoms with Gasteiger partial charge in [-0.3, -0.25) is 0 Å². The number of nitrogens with two attached hydrogens (primary N) is 1. The van der Waals surface area contributed by atoms with Crippen molar-refractivity contribution in [3.8, 4) is 0 Å². The highest BCUT2D eigenvalue weighted by atomic mass is 32.2. The van der Waals surface area contributed by atoms with Crippen molar-refractivity contribution in [2.75, 3.05) is 0 Å². The van der Waals surface area contributed by atoms with E-state index in [0.717, 1.165) is 25.7 Å². The molecule has 0 spiro atoms. The molecule has 0 aliphatic heterocycles. The van der Waals surface area contributed by atoms with Gasteiger partial charge in [0.25, 0.3) is 0 Å². The first kappa shape index (κ1) is 11.9. The van der Waals surface area contributed by atoms with E-state index in [4.69, 9.17) is 5.73 Å². The van der Waals surface area contributed by atoms with E-state index in [2.05, 4.69) is 4.72 Å². The lowest BCUT2D eigenvalue weighted by Gasteiger charge is -2.29. The van der Waals surface area contributed by atoms with Crippen LogP contribution in [0.1, 0.15) is 39.5 Å². The monoisotopic (exact) mass is 220 g/mol. The summed E-state index contributed by atoms with van der Waals surface area (Å²) in [6, 6.07) is -0.0755. The fourth-order valence-electron chi connectivity index (χ4n) is 1.65. The fourth-order valence-corrected chi connectivity index (χ4v) is 2.64. The Kier molecular flexibility index (Phi) is 3.92. The van der Waals surface area contributed by atoms with Gasteiger partial charge < -0.3 is 5.73 Å². The Balaban J connectivity index is 2.58. The summed E-state index contributed by atoms with van der Waals surface area (Å²) < 4.78 is 25.8. The Labute approximate surface area is 86.3 Å². The maximum Gasteiger partial charge on any atom is 0.214 e. The molecule has 0 heterocycles. The molecule has 0 aromatic rings. The third-order valence-corrected chi connectivity index (χ3v) is 4.63.